The Labute approximate surface area is 123 Å². The molecule has 1 atom stereocenters. The second-order valence-corrected chi connectivity index (χ2v) is 7.42. The summed E-state index contributed by atoms with van der Waals surface area (Å²) in [7, 11) is -1.31. The maximum Gasteiger partial charge on any atom is 0.185 e. The smallest absolute Gasteiger partial charge is 0.185 e. The van der Waals surface area contributed by atoms with Crippen LogP contribution in [0.15, 0.2) is 35.2 Å². The summed E-state index contributed by atoms with van der Waals surface area (Å²) in [5.74, 6) is -0.129. The molecule has 2 aromatic rings. The van der Waals surface area contributed by atoms with Crippen LogP contribution in [-0.4, -0.2) is 15.7 Å². The van der Waals surface area contributed by atoms with Crippen molar-refractivity contribution in [3.63, 3.8) is 0 Å². The Kier molecular flexibility index (Phi) is 4.55. The molecule has 0 radical (unpaired) electrons. The summed E-state index contributed by atoms with van der Waals surface area (Å²) in [5, 5.41) is 0. The largest absolute Gasteiger partial charge is 0.292 e. The number of ketones is 1. The number of aryl methyl sites for hydroxylation is 2. The number of rotatable bonds is 4. The molecule has 1 unspecified atom stereocenters. The number of Topliss-reactive ketones (excluding diaryl/α,β-unsaturated/α-hetero) is 1. The molecule has 0 bridgehead atoms. The summed E-state index contributed by atoms with van der Waals surface area (Å²) < 4.78 is 12.8. The molecule has 0 aliphatic carbocycles. The topological polar surface area (TPSA) is 34.1 Å². The predicted molar refractivity (Wildman–Crippen MR) is 80.9 cm³/mol. The van der Waals surface area contributed by atoms with E-state index in [0.29, 0.717) is 9.21 Å². The van der Waals surface area contributed by atoms with Crippen molar-refractivity contribution in [2.24, 2.45) is 0 Å². The molecule has 0 saturated heterocycles. The van der Waals surface area contributed by atoms with Gasteiger partial charge >= 0.3 is 0 Å². The first-order valence-electron chi connectivity index (χ1n) is 5.71. The fourth-order valence-electron chi connectivity index (χ4n) is 1.79. The Morgan fingerprint density at radius 1 is 1.26 bits per heavy atom. The minimum atomic E-state index is -1.31. The molecule has 0 fully saturated rings. The molecule has 1 aromatic carbocycles. The molecule has 0 amide bonds. The minimum Gasteiger partial charge on any atom is -0.292 e. The van der Waals surface area contributed by atoms with E-state index in [4.69, 9.17) is 11.6 Å². The Morgan fingerprint density at radius 2 is 2.00 bits per heavy atom. The van der Waals surface area contributed by atoms with Gasteiger partial charge in [-0.2, -0.15) is 0 Å². The van der Waals surface area contributed by atoms with Gasteiger partial charge in [0, 0.05) is 4.90 Å². The van der Waals surface area contributed by atoms with Crippen LogP contribution in [-0.2, 0) is 10.8 Å². The minimum absolute atomic E-state index is 0.000737. The van der Waals surface area contributed by atoms with Crippen LogP contribution in [0.4, 0.5) is 0 Å². The van der Waals surface area contributed by atoms with Gasteiger partial charge in [-0.05, 0) is 37.6 Å². The van der Waals surface area contributed by atoms with Crippen molar-refractivity contribution in [2.45, 2.75) is 18.7 Å². The van der Waals surface area contributed by atoms with Crippen molar-refractivity contribution in [3.8, 4) is 0 Å². The highest BCUT2D eigenvalue weighted by atomic mass is 35.5. The Balaban J connectivity index is 2.15. The van der Waals surface area contributed by atoms with Crippen molar-refractivity contribution in [2.75, 3.05) is 5.75 Å². The lowest BCUT2D eigenvalue weighted by Gasteiger charge is -2.06. The summed E-state index contributed by atoms with van der Waals surface area (Å²) in [6.45, 7) is 3.89. The number of hydrogen-bond acceptors (Lipinski definition) is 3. The van der Waals surface area contributed by atoms with Crippen LogP contribution in [0.2, 0.25) is 4.34 Å². The zero-order valence-electron chi connectivity index (χ0n) is 10.6. The lowest BCUT2D eigenvalue weighted by Crippen LogP contribution is -2.10. The van der Waals surface area contributed by atoms with Gasteiger partial charge in [-0.1, -0.05) is 29.3 Å². The van der Waals surface area contributed by atoms with Crippen molar-refractivity contribution in [1.29, 1.82) is 0 Å². The van der Waals surface area contributed by atoms with Gasteiger partial charge in [0.25, 0.3) is 0 Å². The number of carbonyl (C=O) groups excluding carboxylic acids is 1. The van der Waals surface area contributed by atoms with Gasteiger partial charge in [-0.3, -0.25) is 9.00 Å². The van der Waals surface area contributed by atoms with Crippen molar-refractivity contribution in [1.82, 2.24) is 0 Å². The molecule has 1 aromatic heterocycles. The molecule has 100 valence electrons. The lowest BCUT2D eigenvalue weighted by atomic mass is 10.2. The SMILES string of the molecule is Cc1ccc(S(=O)CC(=O)c2ccc(Cl)s2)c(C)c1. The maximum absolute atomic E-state index is 12.2. The Morgan fingerprint density at radius 3 is 2.58 bits per heavy atom. The van der Waals surface area contributed by atoms with Crippen LogP contribution in [0.1, 0.15) is 20.8 Å². The van der Waals surface area contributed by atoms with E-state index in [9.17, 15) is 9.00 Å². The zero-order chi connectivity index (χ0) is 14.0. The van der Waals surface area contributed by atoms with Crippen molar-refractivity contribution in [3.05, 3.63) is 50.7 Å². The first-order chi connectivity index (χ1) is 8.97. The molecule has 0 saturated carbocycles. The van der Waals surface area contributed by atoms with Gasteiger partial charge in [0.05, 0.1) is 25.8 Å². The van der Waals surface area contributed by atoms with Crippen molar-refractivity contribution < 1.29 is 9.00 Å². The summed E-state index contributed by atoms with van der Waals surface area (Å²) in [5.41, 5.74) is 2.07. The Bertz CT molecular complexity index is 647. The average molecular weight is 313 g/mol. The lowest BCUT2D eigenvalue weighted by molar-refractivity contribution is 0.102. The third kappa shape index (κ3) is 3.53. The molecule has 2 rings (SSSR count). The van der Waals surface area contributed by atoms with Crippen LogP contribution >= 0.6 is 22.9 Å². The van der Waals surface area contributed by atoms with Gasteiger partial charge in [0.2, 0.25) is 0 Å². The highest BCUT2D eigenvalue weighted by Crippen LogP contribution is 2.23. The number of thiophene rings is 1. The van der Waals surface area contributed by atoms with Crippen molar-refractivity contribution >= 4 is 39.5 Å². The number of halogens is 1. The molecule has 0 N–H and O–H groups in total. The van der Waals surface area contributed by atoms with Crippen LogP contribution in [0.3, 0.4) is 0 Å². The first-order valence-corrected chi connectivity index (χ1v) is 8.23. The third-order valence-corrected chi connectivity index (χ3v) is 5.43. The van der Waals surface area contributed by atoms with Gasteiger partial charge in [0.1, 0.15) is 0 Å². The third-order valence-electron chi connectivity index (χ3n) is 2.69. The number of hydrogen-bond donors (Lipinski definition) is 0. The molecule has 1 heterocycles. The Hall–Kier alpha value is -0.970. The van der Waals surface area contributed by atoms with Gasteiger partial charge in [-0.25, -0.2) is 0 Å². The number of carbonyl (C=O) groups is 1. The molecule has 0 aliphatic rings. The molecule has 0 spiro atoms. The summed E-state index contributed by atoms with van der Waals surface area (Å²) in [6.07, 6.45) is 0. The molecular formula is C14H13ClO2S2. The van der Waals surface area contributed by atoms with E-state index < -0.39 is 10.8 Å². The molecule has 5 heteroatoms. The highest BCUT2D eigenvalue weighted by molar-refractivity contribution is 7.85. The van der Waals surface area contributed by atoms with E-state index in [1.165, 1.54) is 11.3 Å². The van der Waals surface area contributed by atoms with Crippen LogP contribution in [0.5, 0.6) is 0 Å². The van der Waals surface area contributed by atoms with Gasteiger partial charge < -0.3 is 0 Å². The quantitative estimate of drug-likeness (QED) is 0.799. The van der Waals surface area contributed by atoms with Gasteiger partial charge in [0.15, 0.2) is 5.78 Å². The summed E-state index contributed by atoms with van der Waals surface area (Å²) in [6, 6.07) is 9.07. The average Bonchev–Trinajstić information content (AvgIpc) is 2.75. The molecule has 19 heavy (non-hydrogen) atoms. The second-order valence-electron chi connectivity index (χ2n) is 4.29. The molecular weight excluding hydrogens is 300 g/mol. The van der Waals surface area contributed by atoms with Crippen LogP contribution < -0.4 is 0 Å². The van der Waals surface area contributed by atoms with Gasteiger partial charge in [-0.15, -0.1) is 11.3 Å². The summed E-state index contributed by atoms with van der Waals surface area (Å²) >= 11 is 7.01. The van der Waals surface area contributed by atoms with Crippen LogP contribution in [0, 0.1) is 13.8 Å². The fourth-order valence-corrected chi connectivity index (χ4v) is 4.05. The highest BCUT2D eigenvalue weighted by Gasteiger charge is 2.15. The van der Waals surface area contributed by atoms with E-state index in [-0.39, 0.29) is 11.5 Å². The number of benzene rings is 1. The van der Waals surface area contributed by atoms with E-state index in [0.717, 1.165) is 16.0 Å². The normalized spacial score (nSPS) is 12.4. The standard InChI is InChI=1S/C14H13ClO2S2/c1-9-3-5-13(10(2)7-9)19(17)8-11(16)12-4-6-14(15)18-12/h3-7H,8H2,1-2H3. The summed E-state index contributed by atoms with van der Waals surface area (Å²) in [4.78, 5) is 13.3. The zero-order valence-corrected chi connectivity index (χ0v) is 13.0. The second kappa shape index (κ2) is 5.99. The first kappa shape index (κ1) is 14.4. The predicted octanol–water partition coefficient (Wildman–Crippen LogP) is 4.01. The van der Waals surface area contributed by atoms with E-state index >= 15 is 0 Å². The van der Waals surface area contributed by atoms with E-state index in [1.54, 1.807) is 12.1 Å². The van der Waals surface area contributed by atoms with E-state index in [2.05, 4.69) is 0 Å². The molecule has 2 nitrogen and oxygen atoms in total. The van der Waals surface area contributed by atoms with E-state index in [1.807, 2.05) is 32.0 Å². The molecule has 0 aliphatic heterocycles. The van der Waals surface area contributed by atoms with Crippen LogP contribution in [0.25, 0.3) is 0 Å². The maximum atomic E-state index is 12.2. The fraction of sp³-hybridized carbons (Fsp3) is 0.214. The monoisotopic (exact) mass is 312 g/mol.